The van der Waals surface area contributed by atoms with Crippen molar-refractivity contribution in [1.29, 1.82) is 0 Å². The van der Waals surface area contributed by atoms with E-state index >= 15 is 0 Å². The average molecular weight is 249 g/mol. The number of hydrogen-bond donors (Lipinski definition) is 0. The van der Waals surface area contributed by atoms with E-state index in [4.69, 9.17) is 8.92 Å². The molecule has 1 rings (SSSR count). The van der Waals surface area contributed by atoms with Crippen LogP contribution in [0.2, 0.25) is 0 Å². The monoisotopic (exact) mass is 249 g/mol. The van der Waals surface area contributed by atoms with E-state index in [0.29, 0.717) is 19.7 Å². The summed E-state index contributed by atoms with van der Waals surface area (Å²) in [5.74, 6) is 0.274. The van der Waals surface area contributed by atoms with Gasteiger partial charge in [-0.2, -0.15) is 0 Å². The van der Waals surface area contributed by atoms with Gasteiger partial charge in [-0.1, -0.05) is 0 Å². The summed E-state index contributed by atoms with van der Waals surface area (Å²) in [6.45, 7) is 7.18. The van der Waals surface area contributed by atoms with Crippen LogP contribution < -0.4 is 0 Å². The van der Waals surface area contributed by atoms with Crippen LogP contribution in [0.3, 0.4) is 0 Å². The fourth-order valence-corrected chi connectivity index (χ4v) is 1.73. The van der Waals surface area contributed by atoms with E-state index in [-0.39, 0.29) is 12.0 Å². The quantitative estimate of drug-likeness (QED) is 0.753. The number of carbonyl (C=O) groups is 1. The smallest absolute Gasteiger partial charge is 0.410 e. The molecule has 1 heterocycles. The Morgan fingerprint density at radius 1 is 1.44 bits per heavy atom. The first kappa shape index (κ1) is 13.4. The van der Waals surface area contributed by atoms with Gasteiger partial charge < -0.3 is 9.64 Å². The second kappa shape index (κ2) is 5.14. The van der Waals surface area contributed by atoms with Crippen LogP contribution in [0.5, 0.6) is 0 Å². The molecule has 1 unspecified atom stereocenters. The molecule has 0 spiro atoms. The topological polar surface area (TPSA) is 55.8 Å². The van der Waals surface area contributed by atoms with E-state index in [0.717, 1.165) is 0 Å². The highest BCUT2D eigenvalue weighted by Crippen LogP contribution is 2.19. The van der Waals surface area contributed by atoms with Crippen molar-refractivity contribution in [2.24, 2.45) is 5.92 Å². The standard InChI is InChI=1S/C10H19NO4S/c1-10(2,3)15-9(12)11-5-8(6-11)7-14-16(4)13/h8H,5-7H2,1-4H3. The summed E-state index contributed by atoms with van der Waals surface area (Å²) in [4.78, 5) is 13.2. The van der Waals surface area contributed by atoms with E-state index in [1.807, 2.05) is 20.8 Å². The molecule has 6 heteroatoms. The van der Waals surface area contributed by atoms with Crippen LogP contribution in [-0.2, 0) is 20.0 Å². The van der Waals surface area contributed by atoms with Crippen molar-refractivity contribution in [3.8, 4) is 0 Å². The molecule has 1 saturated heterocycles. The van der Waals surface area contributed by atoms with Crippen molar-refractivity contribution in [3.05, 3.63) is 0 Å². The zero-order valence-corrected chi connectivity index (χ0v) is 11.0. The number of ether oxygens (including phenoxy) is 1. The Morgan fingerprint density at radius 3 is 2.44 bits per heavy atom. The summed E-state index contributed by atoms with van der Waals surface area (Å²) in [6.07, 6.45) is 1.20. The van der Waals surface area contributed by atoms with Gasteiger partial charge >= 0.3 is 6.09 Å². The maximum Gasteiger partial charge on any atom is 0.410 e. The summed E-state index contributed by atoms with van der Waals surface area (Å²) in [6, 6.07) is 0. The van der Waals surface area contributed by atoms with Gasteiger partial charge in [0.25, 0.3) is 0 Å². The number of carbonyl (C=O) groups excluding carboxylic acids is 1. The highest BCUT2D eigenvalue weighted by molar-refractivity contribution is 7.79. The third kappa shape index (κ3) is 4.49. The highest BCUT2D eigenvalue weighted by Gasteiger charge is 2.33. The fourth-order valence-electron chi connectivity index (χ4n) is 1.34. The first-order chi connectivity index (χ1) is 7.28. The van der Waals surface area contributed by atoms with Crippen LogP contribution in [0.1, 0.15) is 20.8 Å². The summed E-state index contributed by atoms with van der Waals surface area (Å²) < 4.78 is 20.8. The van der Waals surface area contributed by atoms with E-state index in [2.05, 4.69) is 0 Å². The minimum Gasteiger partial charge on any atom is -0.444 e. The molecule has 1 amide bonds. The normalized spacial score (nSPS) is 19.1. The van der Waals surface area contributed by atoms with Crippen molar-refractivity contribution in [1.82, 2.24) is 4.90 Å². The Balaban J connectivity index is 2.20. The lowest BCUT2D eigenvalue weighted by atomic mass is 10.0. The second-order valence-electron chi connectivity index (χ2n) is 4.94. The van der Waals surface area contributed by atoms with E-state index in [9.17, 15) is 9.00 Å². The van der Waals surface area contributed by atoms with Gasteiger partial charge in [-0.15, -0.1) is 0 Å². The number of nitrogens with zero attached hydrogens (tertiary/aromatic N) is 1. The molecule has 16 heavy (non-hydrogen) atoms. The number of amides is 1. The van der Waals surface area contributed by atoms with Gasteiger partial charge in [0.2, 0.25) is 0 Å². The molecule has 1 fully saturated rings. The molecule has 0 saturated carbocycles. The first-order valence-electron chi connectivity index (χ1n) is 5.22. The van der Waals surface area contributed by atoms with Crippen molar-refractivity contribution in [2.45, 2.75) is 26.4 Å². The van der Waals surface area contributed by atoms with Gasteiger partial charge in [-0.05, 0) is 20.8 Å². The van der Waals surface area contributed by atoms with Crippen LogP contribution >= 0.6 is 0 Å². The zero-order valence-electron chi connectivity index (χ0n) is 10.2. The summed E-state index contributed by atoms with van der Waals surface area (Å²) in [5.41, 5.74) is -0.455. The molecule has 5 nitrogen and oxygen atoms in total. The molecule has 1 atom stereocenters. The van der Waals surface area contributed by atoms with Gasteiger partial charge in [-0.3, -0.25) is 4.18 Å². The zero-order chi connectivity index (χ0) is 12.3. The van der Waals surface area contributed by atoms with Crippen LogP contribution in [0.15, 0.2) is 0 Å². The summed E-state index contributed by atoms with van der Waals surface area (Å²) >= 11 is -1.23. The van der Waals surface area contributed by atoms with Gasteiger partial charge in [0.05, 0.1) is 6.61 Å². The number of hydrogen-bond acceptors (Lipinski definition) is 4. The lowest BCUT2D eigenvalue weighted by Gasteiger charge is -2.39. The molecule has 0 radical (unpaired) electrons. The minimum atomic E-state index is -1.23. The average Bonchev–Trinajstić information content (AvgIpc) is 1.96. The lowest BCUT2D eigenvalue weighted by Crippen LogP contribution is -2.53. The molecule has 0 N–H and O–H groups in total. The van der Waals surface area contributed by atoms with Gasteiger partial charge in [0.1, 0.15) is 5.60 Å². The van der Waals surface area contributed by atoms with E-state index in [1.165, 1.54) is 6.26 Å². The molecule has 1 aliphatic rings. The molecular weight excluding hydrogens is 230 g/mol. The molecule has 0 aromatic heterocycles. The Bertz CT molecular complexity index is 281. The Hall–Kier alpha value is -0.620. The van der Waals surface area contributed by atoms with Gasteiger partial charge in [-0.25, -0.2) is 9.00 Å². The predicted octanol–water partition coefficient (Wildman–Crippen LogP) is 1.16. The maximum absolute atomic E-state index is 11.5. The lowest BCUT2D eigenvalue weighted by molar-refractivity contribution is -0.00691. The van der Waals surface area contributed by atoms with Crippen LogP contribution in [-0.4, -0.2) is 46.8 Å². The van der Waals surface area contributed by atoms with Crippen molar-refractivity contribution < 1.29 is 17.9 Å². The highest BCUT2D eigenvalue weighted by atomic mass is 32.2. The van der Waals surface area contributed by atoms with E-state index in [1.54, 1.807) is 4.90 Å². The third-order valence-electron chi connectivity index (χ3n) is 2.08. The Kier molecular flexibility index (Phi) is 4.32. The number of rotatable bonds is 3. The SMILES string of the molecule is CS(=O)OCC1CN(C(=O)OC(C)(C)C)C1. The molecule has 0 aromatic rings. The van der Waals surface area contributed by atoms with Gasteiger partial charge in [0, 0.05) is 25.3 Å². The predicted molar refractivity (Wildman–Crippen MR) is 61.3 cm³/mol. The molecule has 1 aliphatic heterocycles. The van der Waals surface area contributed by atoms with E-state index < -0.39 is 16.7 Å². The Morgan fingerprint density at radius 2 is 2.00 bits per heavy atom. The molecule has 94 valence electrons. The van der Waals surface area contributed by atoms with Gasteiger partial charge in [0.15, 0.2) is 11.1 Å². The first-order valence-corrected chi connectivity index (χ1v) is 6.71. The summed E-state index contributed by atoms with van der Waals surface area (Å²) in [5, 5.41) is 0. The third-order valence-corrected chi connectivity index (χ3v) is 2.55. The fraction of sp³-hybridized carbons (Fsp3) is 0.900. The Labute approximate surface area is 98.7 Å². The van der Waals surface area contributed by atoms with Crippen molar-refractivity contribution in [3.63, 3.8) is 0 Å². The number of likely N-dealkylation sites (tertiary alicyclic amines) is 1. The van der Waals surface area contributed by atoms with Crippen LogP contribution in [0.25, 0.3) is 0 Å². The van der Waals surface area contributed by atoms with Crippen molar-refractivity contribution >= 4 is 17.2 Å². The molecule has 0 aromatic carbocycles. The second-order valence-corrected chi connectivity index (χ2v) is 5.98. The van der Waals surface area contributed by atoms with Crippen LogP contribution in [0, 0.1) is 5.92 Å². The maximum atomic E-state index is 11.5. The molecule has 0 aliphatic carbocycles. The molecule has 0 bridgehead atoms. The van der Waals surface area contributed by atoms with Crippen molar-refractivity contribution in [2.75, 3.05) is 26.0 Å². The summed E-state index contributed by atoms with van der Waals surface area (Å²) in [7, 11) is 0. The minimum absolute atomic E-state index is 0.274. The largest absolute Gasteiger partial charge is 0.444 e. The molecular formula is C10H19NO4S. The van der Waals surface area contributed by atoms with Crippen LogP contribution in [0.4, 0.5) is 4.79 Å².